The van der Waals surface area contributed by atoms with Crippen molar-refractivity contribution in [3.05, 3.63) is 106 Å². The van der Waals surface area contributed by atoms with Gasteiger partial charge in [0.15, 0.2) is 0 Å². The van der Waals surface area contributed by atoms with Gasteiger partial charge in [-0.25, -0.2) is 0 Å². The Kier molecular flexibility index (Phi) is 16.9. The fraction of sp³-hybridized carbons (Fsp3) is 0.520. The van der Waals surface area contributed by atoms with Gasteiger partial charge in [0, 0.05) is 49.2 Å². The number of hydrogen-bond donors (Lipinski definition) is 4. The van der Waals surface area contributed by atoms with Gasteiger partial charge in [0.05, 0.1) is 32.6 Å². The molecule has 0 spiro atoms. The molecule has 2 unspecified atom stereocenters. The van der Waals surface area contributed by atoms with Crippen molar-refractivity contribution in [2.45, 2.75) is 166 Å². The van der Waals surface area contributed by atoms with E-state index in [2.05, 4.69) is 155 Å². The first-order chi connectivity index (χ1) is 27.3. The predicted molar refractivity (Wildman–Crippen MR) is 271 cm³/mol. The maximum Gasteiger partial charge on any atom is 0.102 e. The van der Waals surface area contributed by atoms with Gasteiger partial charge in [-0.15, -0.1) is 12.6 Å². The van der Waals surface area contributed by atoms with E-state index in [-0.39, 0.29) is 33.2 Å². The van der Waals surface area contributed by atoms with Gasteiger partial charge in [-0.05, 0) is 150 Å². The van der Waals surface area contributed by atoms with Crippen molar-refractivity contribution in [3.8, 4) is 0 Å². The van der Waals surface area contributed by atoms with Crippen LogP contribution in [0.3, 0.4) is 0 Å². The fourth-order valence-corrected chi connectivity index (χ4v) is 8.44. The van der Waals surface area contributed by atoms with Crippen LogP contribution in [-0.2, 0) is 0 Å². The van der Waals surface area contributed by atoms with E-state index >= 15 is 0 Å². The van der Waals surface area contributed by atoms with Crippen molar-refractivity contribution >= 4 is 62.5 Å². The molecule has 3 rings (SSSR count). The number of benzene rings is 3. The zero-order valence-electron chi connectivity index (χ0n) is 39.0. The minimum absolute atomic E-state index is 0.233. The molecule has 0 aliphatic heterocycles. The summed E-state index contributed by atoms with van der Waals surface area (Å²) in [6.45, 7) is 29.2. The van der Waals surface area contributed by atoms with Gasteiger partial charge in [0.2, 0.25) is 0 Å². The average molecular weight is 851 g/mol. The monoisotopic (exact) mass is 851 g/mol. The molecule has 3 aromatic rings. The molecule has 0 saturated heterocycles. The summed E-state index contributed by atoms with van der Waals surface area (Å²) < 4.78 is 0. The lowest BCUT2D eigenvalue weighted by Crippen LogP contribution is -2.39. The highest BCUT2D eigenvalue weighted by Crippen LogP contribution is 2.31. The summed E-state index contributed by atoms with van der Waals surface area (Å²) in [6.07, 6.45) is 14.4. The Labute approximate surface area is 374 Å². The van der Waals surface area contributed by atoms with E-state index in [1.807, 2.05) is 65.0 Å². The van der Waals surface area contributed by atoms with E-state index in [0.29, 0.717) is 12.8 Å². The molecule has 0 fully saturated rings. The molecule has 8 nitrogen and oxygen atoms in total. The standard InChI is InChI=1S/C50H74N8S2/c1-43(2,51)33-44(3,4)53-27-37-15-21-41(22-16-37)31-57-48(11,12)36-50(14,60)58-32-42-25-23-39(24-26-42)29-55-46(7,8)34-45(5,6)54-28-38-17-19-40(20-18-38)30-56-47(9,10)35-49(13,52)59/h15-32,59-60H,33-36,51-52H2,1-14H3/b53-27+,54-28+,55-29+,56-30+,57-31+,58-32+. The lowest BCUT2D eigenvalue weighted by atomic mass is 9.88. The highest BCUT2D eigenvalue weighted by Gasteiger charge is 2.29. The van der Waals surface area contributed by atoms with Gasteiger partial charge in [-0.1, -0.05) is 72.8 Å². The molecular weight excluding hydrogens is 777 g/mol. The molecule has 0 saturated carbocycles. The zero-order chi connectivity index (χ0) is 45.3. The minimum atomic E-state index is -0.610. The number of aliphatic imine (C=N–C) groups is 6. The lowest BCUT2D eigenvalue weighted by Gasteiger charge is -2.29. The second-order valence-corrected chi connectivity index (χ2v) is 22.9. The quantitative estimate of drug-likeness (QED) is 0.0513. The van der Waals surface area contributed by atoms with Crippen LogP contribution in [0.5, 0.6) is 0 Å². The highest BCUT2D eigenvalue weighted by atomic mass is 32.1. The SMILES string of the molecule is CC(C)(N)CC(C)(C)/N=C/c1ccc(/C=N/C(C)(C)CC(C)(S)/N=C/c2ccc(/C=N/C(C)(C)CC(C)(C)/N=C/c3ccc(/C=N/C(C)(C)CC(C)(N)S)cc3)cc2)cc1. The number of nitrogens with two attached hydrogens (primary N) is 2. The van der Waals surface area contributed by atoms with Crippen molar-refractivity contribution < 1.29 is 0 Å². The van der Waals surface area contributed by atoms with E-state index in [1.165, 1.54) is 0 Å². The molecule has 2 atom stereocenters. The lowest BCUT2D eigenvalue weighted by molar-refractivity contribution is 0.355. The van der Waals surface area contributed by atoms with Crippen molar-refractivity contribution in [1.82, 2.24) is 0 Å². The third-order valence-corrected chi connectivity index (χ3v) is 9.86. The van der Waals surface area contributed by atoms with Gasteiger partial charge in [-0.3, -0.25) is 30.0 Å². The maximum absolute atomic E-state index is 6.22. The van der Waals surface area contributed by atoms with Crippen LogP contribution in [0.4, 0.5) is 0 Å². The Hall–Kier alpha value is -3.70. The fourth-order valence-electron chi connectivity index (χ4n) is 7.61. The Morgan fingerprint density at radius 1 is 0.350 bits per heavy atom. The van der Waals surface area contributed by atoms with Crippen molar-refractivity contribution in [3.63, 3.8) is 0 Å². The van der Waals surface area contributed by atoms with Crippen LogP contribution in [-0.4, -0.2) is 80.3 Å². The normalized spacial score (nSPS) is 16.3. The molecule has 326 valence electrons. The minimum Gasteiger partial charge on any atom is -0.325 e. The van der Waals surface area contributed by atoms with Crippen LogP contribution < -0.4 is 11.5 Å². The summed E-state index contributed by atoms with van der Waals surface area (Å²) in [4.78, 5) is 28.0. The van der Waals surface area contributed by atoms with Gasteiger partial charge in [-0.2, -0.15) is 12.6 Å². The molecule has 0 aliphatic carbocycles. The Morgan fingerprint density at radius 2 is 0.567 bits per heavy atom. The third-order valence-electron chi connectivity index (χ3n) is 9.43. The van der Waals surface area contributed by atoms with Crippen LogP contribution in [0.15, 0.2) is 103 Å². The topological polar surface area (TPSA) is 126 Å². The summed E-state index contributed by atoms with van der Waals surface area (Å²) in [6, 6.07) is 24.8. The Bertz CT molecular complexity index is 1850. The number of hydrogen-bond acceptors (Lipinski definition) is 10. The van der Waals surface area contributed by atoms with Gasteiger partial charge in [0.1, 0.15) is 4.87 Å². The van der Waals surface area contributed by atoms with Crippen molar-refractivity contribution in [1.29, 1.82) is 0 Å². The van der Waals surface area contributed by atoms with Gasteiger partial charge < -0.3 is 11.5 Å². The molecule has 10 heteroatoms. The molecule has 0 amide bonds. The number of rotatable bonds is 20. The van der Waals surface area contributed by atoms with E-state index < -0.39 is 9.74 Å². The van der Waals surface area contributed by atoms with Crippen molar-refractivity contribution in [2.75, 3.05) is 0 Å². The van der Waals surface area contributed by atoms with Crippen LogP contribution in [0.1, 0.15) is 156 Å². The largest absolute Gasteiger partial charge is 0.325 e. The van der Waals surface area contributed by atoms with E-state index in [9.17, 15) is 0 Å². The first-order valence-electron chi connectivity index (χ1n) is 20.9. The molecule has 0 bridgehead atoms. The summed E-state index contributed by atoms with van der Waals surface area (Å²) >= 11 is 9.39. The second kappa shape index (κ2) is 20.0. The molecule has 3 aromatic carbocycles. The van der Waals surface area contributed by atoms with Gasteiger partial charge >= 0.3 is 0 Å². The summed E-state index contributed by atoms with van der Waals surface area (Å²) in [7, 11) is 0. The molecule has 0 aliphatic rings. The average Bonchev–Trinajstić information content (AvgIpc) is 3.08. The highest BCUT2D eigenvalue weighted by molar-refractivity contribution is 7.81. The molecule has 0 radical (unpaired) electrons. The molecule has 4 N–H and O–H groups in total. The smallest absolute Gasteiger partial charge is 0.102 e. The summed E-state index contributed by atoms with van der Waals surface area (Å²) in [5.74, 6) is 0. The van der Waals surface area contributed by atoms with Gasteiger partial charge in [0.25, 0.3) is 0 Å². The van der Waals surface area contributed by atoms with E-state index in [1.54, 1.807) is 0 Å². The van der Waals surface area contributed by atoms with E-state index in [4.69, 9.17) is 54.1 Å². The Morgan fingerprint density at radius 3 is 0.817 bits per heavy atom. The van der Waals surface area contributed by atoms with Crippen LogP contribution in [0.25, 0.3) is 0 Å². The molecule has 0 aromatic heterocycles. The van der Waals surface area contributed by atoms with E-state index in [0.717, 1.165) is 46.2 Å². The zero-order valence-corrected chi connectivity index (χ0v) is 40.7. The number of nitrogens with zero attached hydrogens (tertiary/aromatic N) is 6. The first-order valence-corrected chi connectivity index (χ1v) is 21.8. The number of thiol groups is 2. The summed E-state index contributed by atoms with van der Waals surface area (Å²) in [5.41, 5.74) is 16.7. The second-order valence-electron chi connectivity index (χ2n) is 20.9. The third kappa shape index (κ3) is 20.7. The summed E-state index contributed by atoms with van der Waals surface area (Å²) in [5, 5.41) is 0. The molecular formula is C50H74N8S2. The molecule has 60 heavy (non-hydrogen) atoms. The first kappa shape index (κ1) is 50.7. The molecule has 0 heterocycles. The van der Waals surface area contributed by atoms with Crippen molar-refractivity contribution in [2.24, 2.45) is 41.4 Å². The van der Waals surface area contributed by atoms with Crippen LogP contribution in [0.2, 0.25) is 0 Å². The predicted octanol–water partition coefficient (Wildman–Crippen LogP) is 11.0. The Balaban J connectivity index is 1.54. The van der Waals surface area contributed by atoms with Crippen LogP contribution >= 0.6 is 25.3 Å². The van der Waals surface area contributed by atoms with Crippen LogP contribution in [0, 0.1) is 0 Å². The maximum atomic E-state index is 6.22.